The van der Waals surface area contributed by atoms with E-state index in [-0.39, 0.29) is 17.8 Å². The molecule has 0 radical (unpaired) electrons. The number of allylic oxidation sites excluding steroid dienone is 1. The molecule has 0 unspecified atom stereocenters. The molecule has 160 valence electrons. The van der Waals surface area contributed by atoms with Crippen LogP contribution in [0.1, 0.15) is 59.4 Å². The first-order chi connectivity index (χ1) is 14.7. The van der Waals surface area contributed by atoms with Crippen LogP contribution >= 0.6 is 0 Å². The van der Waals surface area contributed by atoms with Gasteiger partial charge in [0.2, 0.25) is 0 Å². The van der Waals surface area contributed by atoms with Crippen molar-refractivity contribution in [1.29, 1.82) is 0 Å². The molecule has 1 aliphatic carbocycles. The molecule has 0 saturated carbocycles. The van der Waals surface area contributed by atoms with Crippen LogP contribution in [0.25, 0.3) is 0 Å². The molecule has 0 spiro atoms. The summed E-state index contributed by atoms with van der Waals surface area (Å²) in [6.45, 7) is 6.58. The van der Waals surface area contributed by atoms with E-state index in [0.29, 0.717) is 24.3 Å². The number of nitrogens with one attached hydrogen (secondary N) is 1. The van der Waals surface area contributed by atoms with Crippen LogP contribution in [-0.2, 0) is 25.9 Å². The van der Waals surface area contributed by atoms with E-state index in [1.807, 2.05) is 27.8 Å². The highest BCUT2D eigenvalue weighted by molar-refractivity contribution is 5.94. The zero-order chi connectivity index (χ0) is 20.9. The van der Waals surface area contributed by atoms with E-state index in [1.165, 1.54) is 18.9 Å². The van der Waals surface area contributed by atoms with Gasteiger partial charge in [0.1, 0.15) is 5.82 Å². The molecule has 2 heterocycles. The first kappa shape index (κ1) is 20.8. The molecule has 1 N–H and O–H groups in total. The molecule has 1 aliphatic heterocycles. The second kappa shape index (κ2) is 9.56. The highest BCUT2D eigenvalue weighted by Crippen LogP contribution is 2.27. The van der Waals surface area contributed by atoms with Gasteiger partial charge in [0.15, 0.2) is 5.69 Å². The zero-order valence-corrected chi connectivity index (χ0v) is 17.6. The molecule has 2 aromatic rings. The number of likely N-dealkylation sites (tertiary alicyclic amines) is 1. The number of aromatic nitrogens is 2. The summed E-state index contributed by atoms with van der Waals surface area (Å²) >= 11 is 0. The number of hydrogen-bond acceptors (Lipinski definition) is 3. The maximum atomic E-state index is 14.0. The highest BCUT2D eigenvalue weighted by atomic mass is 19.1. The molecule has 1 aromatic heterocycles. The van der Waals surface area contributed by atoms with Gasteiger partial charge in [-0.3, -0.25) is 9.48 Å². The predicted octanol–water partition coefficient (Wildman–Crippen LogP) is 3.87. The highest BCUT2D eigenvalue weighted by Gasteiger charge is 2.31. The Morgan fingerprint density at radius 1 is 1.23 bits per heavy atom. The van der Waals surface area contributed by atoms with Crippen LogP contribution in [0.5, 0.6) is 0 Å². The van der Waals surface area contributed by atoms with Crippen LogP contribution in [0.4, 0.5) is 4.39 Å². The van der Waals surface area contributed by atoms with Crippen molar-refractivity contribution < 1.29 is 9.18 Å². The summed E-state index contributed by atoms with van der Waals surface area (Å²) in [7, 11) is 0. The third-order valence-electron chi connectivity index (χ3n) is 6.28. The summed E-state index contributed by atoms with van der Waals surface area (Å²) < 4.78 is 15.9. The van der Waals surface area contributed by atoms with E-state index in [1.54, 1.807) is 6.07 Å². The van der Waals surface area contributed by atoms with Crippen LogP contribution in [0.15, 0.2) is 36.9 Å². The van der Waals surface area contributed by atoms with Gasteiger partial charge >= 0.3 is 0 Å². The number of fused-ring (bicyclic) bond motifs is 1. The van der Waals surface area contributed by atoms with E-state index < -0.39 is 0 Å². The van der Waals surface area contributed by atoms with Gasteiger partial charge in [0.05, 0.1) is 6.54 Å². The number of benzene rings is 1. The number of carbonyl (C=O) groups excluding carboxylic acids is 1. The van der Waals surface area contributed by atoms with E-state index in [0.717, 1.165) is 56.5 Å². The summed E-state index contributed by atoms with van der Waals surface area (Å²) in [6, 6.07) is 7.08. The van der Waals surface area contributed by atoms with E-state index in [2.05, 4.69) is 11.9 Å². The lowest BCUT2D eigenvalue weighted by Crippen LogP contribution is -2.36. The normalized spacial score (nSPS) is 19.2. The molecule has 1 fully saturated rings. The van der Waals surface area contributed by atoms with Gasteiger partial charge in [-0.1, -0.05) is 37.1 Å². The molecule has 6 heteroatoms. The third-order valence-corrected chi connectivity index (χ3v) is 6.28. The summed E-state index contributed by atoms with van der Waals surface area (Å²) in [5.74, 6) is -0.122. The largest absolute Gasteiger partial charge is 0.337 e. The molecule has 30 heavy (non-hydrogen) atoms. The molecular weight excluding hydrogens is 379 g/mol. The van der Waals surface area contributed by atoms with Crippen molar-refractivity contribution in [1.82, 2.24) is 20.0 Å². The monoisotopic (exact) mass is 410 g/mol. The van der Waals surface area contributed by atoms with Crippen LogP contribution < -0.4 is 5.32 Å². The van der Waals surface area contributed by atoms with Gasteiger partial charge in [-0.2, -0.15) is 5.10 Å². The Bertz CT molecular complexity index is 899. The van der Waals surface area contributed by atoms with Crippen LogP contribution in [0, 0.1) is 5.82 Å². The molecule has 1 atom stereocenters. The lowest BCUT2D eigenvalue weighted by Gasteiger charge is -2.25. The quantitative estimate of drug-likeness (QED) is 0.736. The van der Waals surface area contributed by atoms with Crippen LogP contribution in [0.2, 0.25) is 0 Å². The minimum Gasteiger partial charge on any atom is -0.337 e. The number of halogens is 1. The Labute approximate surface area is 178 Å². The van der Waals surface area contributed by atoms with Gasteiger partial charge in [-0.05, 0) is 38.2 Å². The van der Waals surface area contributed by atoms with Crippen molar-refractivity contribution in [3.8, 4) is 0 Å². The van der Waals surface area contributed by atoms with E-state index >= 15 is 0 Å². The number of nitrogens with zero attached hydrogens (tertiary/aromatic N) is 3. The van der Waals surface area contributed by atoms with Gasteiger partial charge in [0, 0.05) is 42.5 Å². The molecule has 0 bridgehead atoms. The standard InChI is InChI=1S/C24H31FN4O/c1-2-13-29-22-12-11-19(26-17-18-9-5-6-10-21(18)25)16-20(22)23(27-29)24(30)28-14-7-3-4-8-15-28/h2,5-6,9-10,19,26H,1,3-4,7-8,11-17H2/t19-/m0/s1. The minimum atomic E-state index is -0.183. The topological polar surface area (TPSA) is 50.2 Å². The van der Waals surface area contributed by atoms with E-state index in [4.69, 9.17) is 5.10 Å². The summed E-state index contributed by atoms with van der Waals surface area (Å²) in [6.07, 6.45) is 8.89. The van der Waals surface area contributed by atoms with Crippen LogP contribution in [0.3, 0.4) is 0 Å². The van der Waals surface area contributed by atoms with Gasteiger partial charge in [-0.15, -0.1) is 6.58 Å². The van der Waals surface area contributed by atoms with Crippen molar-refractivity contribution in [2.45, 2.75) is 64.1 Å². The SMILES string of the molecule is C=CCn1nc(C(=O)N2CCCCCC2)c2c1CC[C@H](NCc1ccccc1F)C2. The van der Waals surface area contributed by atoms with Crippen molar-refractivity contribution in [2.24, 2.45) is 0 Å². The van der Waals surface area contributed by atoms with Crippen molar-refractivity contribution in [3.63, 3.8) is 0 Å². The van der Waals surface area contributed by atoms with Gasteiger partial charge in [-0.25, -0.2) is 4.39 Å². The smallest absolute Gasteiger partial charge is 0.274 e. The Hall–Kier alpha value is -2.47. The molecule has 5 nitrogen and oxygen atoms in total. The fourth-order valence-corrected chi connectivity index (χ4v) is 4.63. The number of rotatable bonds is 6. The zero-order valence-electron chi connectivity index (χ0n) is 17.6. The number of carbonyl (C=O) groups is 1. The fourth-order valence-electron chi connectivity index (χ4n) is 4.63. The molecule has 1 aromatic carbocycles. The fraction of sp³-hybridized carbons (Fsp3) is 0.500. The first-order valence-corrected chi connectivity index (χ1v) is 11.1. The summed E-state index contributed by atoms with van der Waals surface area (Å²) in [5.41, 5.74) is 3.48. The van der Waals surface area contributed by atoms with Crippen molar-refractivity contribution in [3.05, 3.63) is 65.3 Å². The number of hydrogen-bond donors (Lipinski definition) is 1. The first-order valence-electron chi connectivity index (χ1n) is 11.1. The molecule has 1 amide bonds. The lowest BCUT2D eigenvalue weighted by atomic mass is 9.90. The third kappa shape index (κ3) is 4.48. The lowest BCUT2D eigenvalue weighted by molar-refractivity contribution is 0.0753. The average Bonchev–Trinajstić information content (AvgIpc) is 2.92. The van der Waals surface area contributed by atoms with Gasteiger partial charge in [0.25, 0.3) is 5.91 Å². The molecule has 1 saturated heterocycles. The maximum Gasteiger partial charge on any atom is 0.274 e. The predicted molar refractivity (Wildman–Crippen MR) is 116 cm³/mol. The molecule has 2 aliphatic rings. The Morgan fingerprint density at radius 3 is 2.73 bits per heavy atom. The summed E-state index contributed by atoms with van der Waals surface area (Å²) in [4.78, 5) is 15.3. The van der Waals surface area contributed by atoms with E-state index in [9.17, 15) is 9.18 Å². The van der Waals surface area contributed by atoms with Crippen molar-refractivity contribution >= 4 is 5.91 Å². The Morgan fingerprint density at radius 2 is 2.00 bits per heavy atom. The maximum absolute atomic E-state index is 14.0. The van der Waals surface area contributed by atoms with Gasteiger partial charge < -0.3 is 10.2 Å². The molecular formula is C24H31FN4O. The van der Waals surface area contributed by atoms with Crippen LogP contribution in [-0.4, -0.2) is 39.7 Å². The minimum absolute atomic E-state index is 0.0608. The molecule has 4 rings (SSSR count). The van der Waals surface area contributed by atoms with Crippen molar-refractivity contribution in [2.75, 3.05) is 13.1 Å². The Balaban J connectivity index is 1.53. The Kier molecular flexibility index (Phi) is 6.62. The average molecular weight is 411 g/mol. The number of amides is 1. The second-order valence-electron chi connectivity index (χ2n) is 8.36. The summed E-state index contributed by atoms with van der Waals surface area (Å²) in [5, 5.41) is 8.22. The second-order valence-corrected chi connectivity index (χ2v) is 8.36.